The van der Waals surface area contributed by atoms with E-state index in [0.717, 1.165) is 6.42 Å². The second kappa shape index (κ2) is 5.05. The van der Waals surface area contributed by atoms with E-state index >= 15 is 0 Å². The van der Waals surface area contributed by atoms with Crippen LogP contribution in [0.3, 0.4) is 0 Å². The average Bonchev–Trinajstić information content (AvgIpc) is 2.01. The molecule has 0 amide bonds. The van der Waals surface area contributed by atoms with Crippen molar-refractivity contribution in [3.05, 3.63) is 11.6 Å². The number of ether oxygens (including phenoxy) is 1. The molecule has 0 N–H and O–H groups in total. The van der Waals surface area contributed by atoms with Crippen molar-refractivity contribution >= 4 is 5.97 Å². The van der Waals surface area contributed by atoms with E-state index in [2.05, 4.69) is 6.08 Å². The van der Waals surface area contributed by atoms with Crippen LogP contribution >= 0.6 is 0 Å². The van der Waals surface area contributed by atoms with Gasteiger partial charge in [-0.3, -0.25) is 4.79 Å². The Balaban J connectivity index is 4.22. The normalized spacial score (nSPS) is 10.8. The molecule has 0 aromatic heterocycles. The lowest BCUT2D eigenvalue weighted by Crippen LogP contribution is -2.26. The maximum absolute atomic E-state index is 11.4. The highest BCUT2D eigenvalue weighted by Crippen LogP contribution is 2.23. The van der Waals surface area contributed by atoms with E-state index in [0.29, 0.717) is 6.61 Å². The number of allylic oxidation sites excluding steroid dienone is 2. The summed E-state index contributed by atoms with van der Waals surface area (Å²) in [6.45, 7) is 10.2. The summed E-state index contributed by atoms with van der Waals surface area (Å²) in [6, 6.07) is 0. The van der Waals surface area contributed by atoms with Gasteiger partial charge in [-0.2, -0.15) is 0 Å². The monoisotopic (exact) mass is 184 g/mol. The largest absolute Gasteiger partial charge is 0.466 e. The van der Waals surface area contributed by atoms with Gasteiger partial charge in [-0.25, -0.2) is 0 Å². The first-order valence-corrected chi connectivity index (χ1v) is 4.70. The fourth-order valence-electron chi connectivity index (χ4n) is 0.869. The van der Waals surface area contributed by atoms with Crippen molar-refractivity contribution in [3.63, 3.8) is 0 Å². The zero-order valence-electron chi connectivity index (χ0n) is 9.31. The van der Waals surface area contributed by atoms with Crippen LogP contribution in [-0.2, 0) is 9.53 Å². The summed E-state index contributed by atoms with van der Waals surface area (Å²) >= 11 is 0. The van der Waals surface area contributed by atoms with Gasteiger partial charge in [-0.15, -0.1) is 0 Å². The molecule has 2 nitrogen and oxygen atoms in total. The third-order valence-electron chi connectivity index (χ3n) is 1.85. The van der Waals surface area contributed by atoms with Gasteiger partial charge in [-0.05, 0) is 41.0 Å². The number of carbonyl (C=O) groups excluding carboxylic acids is 1. The number of carbonyl (C=O) groups is 1. The smallest absolute Gasteiger partial charge is 0.311 e. The Morgan fingerprint density at radius 1 is 1.38 bits per heavy atom. The van der Waals surface area contributed by atoms with Crippen molar-refractivity contribution in [1.29, 1.82) is 0 Å². The van der Waals surface area contributed by atoms with Gasteiger partial charge in [0.25, 0.3) is 0 Å². The molecule has 0 fully saturated rings. The molecule has 0 saturated carbocycles. The molecule has 0 saturated heterocycles. The number of hydrogen-bond acceptors (Lipinski definition) is 2. The number of esters is 1. The molecular weight excluding hydrogens is 164 g/mol. The van der Waals surface area contributed by atoms with E-state index in [1.165, 1.54) is 5.57 Å². The quantitative estimate of drug-likeness (QED) is 0.496. The molecule has 0 atom stereocenters. The van der Waals surface area contributed by atoms with Gasteiger partial charge in [0.1, 0.15) is 0 Å². The Hall–Kier alpha value is -0.790. The summed E-state index contributed by atoms with van der Waals surface area (Å²) in [6.07, 6.45) is 2.81. The minimum absolute atomic E-state index is 0.118. The first-order chi connectivity index (χ1) is 5.90. The predicted molar refractivity (Wildman–Crippen MR) is 54.5 cm³/mol. The maximum Gasteiger partial charge on any atom is 0.311 e. The number of rotatable bonds is 4. The lowest BCUT2D eigenvalue weighted by molar-refractivity contribution is -0.153. The van der Waals surface area contributed by atoms with Crippen LogP contribution in [0, 0.1) is 5.41 Å². The Kier molecular flexibility index (Phi) is 4.74. The molecule has 13 heavy (non-hydrogen) atoms. The van der Waals surface area contributed by atoms with Crippen molar-refractivity contribution < 1.29 is 9.53 Å². The molecule has 0 bridgehead atoms. The van der Waals surface area contributed by atoms with Gasteiger partial charge in [-0.1, -0.05) is 11.6 Å². The molecule has 0 rings (SSSR count). The van der Waals surface area contributed by atoms with Crippen molar-refractivity contribution in [2.24, 2.45) is 5.41 Å². The molecule has 0 aromatic carbocycles. The second-order valence-corrected chi connectivity index (χ2v) is 4.09. The molecule has 0 radical (unpaired) electrons. The van der Waals surface area contributed by atoms with E-state index in [1.54, 1.807) is 0 Å². The highest BCUT2D eigenvalue weighted by atomic mass is 16.5. The van der Waals surface area contributed by atoms with Gasteiger partial charge >= 0.3 is 5.97 Å². The van der Waals surface area contributed by atoms with Crippen LogP contribution in [0.15, 0.2) is 11.6 Å². The van der Waals surface area contributed by atoms with Crippen molar-refractivity contribution in [1.82, 2.24) is 0 Å². The van der Waals surface area contributed by atoms with Crippen LogP contribution in [0.5, 0.6) is 0 Å². The zero-order chi connectivity index (χ0) is 10.5. The molecule has 0 heterocycles. The van der Waals surface area contributed by atoms with Crippen LogP contribution in [-0.4, -0.2) is 12.6 Å². The Labute approximate surface area is 81.0 Å². The van der Waals surface area contributed by atoms with E-state index < -0.39 is 5.41 Å². The summed E-state index contributed by atoms with van der Waals surface area (Å²) in [5.41, 5.74) is 0.838. The van der Waals surface area contributed by atoms with Crippen LogP contribution < -0.4 is 0 Å². The van der Waals surface area contributed by atoms with Crippen molar-refractivity contribution in [3.8, 4) is 0 Å². The van der Waals surface area contributed by atoms with Gasteiger partial charge in [0.15, 0.2) is 0 Å². The molecule has 0 aliphatic heterocycles. The third kappa shape index (κ3) is 4.71. The van der Waals surface area contributed by atoms with Crippen LogP contribution in [0.4, 0.5) is 0 Å². The predicted octanol–water partition coefficient (Wildman–Crippen LogP) is 2.93. The summed E-state index contributed by atoms with van der Waals surface area (Å²) in [4.78, 5) is 11.4. The van der Waals surface area contributed by atoms with Gasteiger partial charge in [0.05, 0.1) is 12.0 Å². The minimum atomic E-state index is -0.396. The second-order valence-electron chi connectivity index (χ2n) is 4.09. The zero-order valence-corrected chi connectivity index (χ0v) is 9.31. The summed E-state index contributed by atoms with van der Waals surface area (Å²) < 4.78 is 4.97. The Morgan fingerprint density at radius 2 is 1.92 bits per heavy atom. The van der Waals surface area contributed by atoms with Gasteiger partial charge < -0.3 is 4.74 Å². The molecule has 0 spiro atoms. The van der Waals surface area contributed by atoms with E-state index in [4.69, 9.17) is 4.74 Å². The molecule has 76 valence electrons. The molecule has 0 aromatic rings. The summed E-state index contributed by atoms with van der Waals surface area (Å²) in [5.74, 6) is -0.118. The first kappa shape index (κ1) is 12.2. The molecule has 0 unspecified atom stereocenters. The van der Waals surface area contributed by atoms with Crippen molar-refractivity contribution in [2.75, 3.05) is 6.61 Å². The van der Waals surface area contributed by atoms with Crippen molar-refractivity contribution in [2.45, 2.75) is 41.0 Å². The summed E-state index contributed by atoms with van der Waals surface area (Å²) in [7, 11) is 0. The minimum Gasteiger partial charge on any atom is -0.466 e. The van der Waals surface area contributed by atoms with Crippen LogP contribution in [0.2, 0.25) is 0 Å². The molecular formula is C11H20O2. The highest BCUT2D eigenvalue weighted by molar-refractivity contribution is 5.76. The lowest BCUT2D eigenvalue weighted by atomic mass is 9.89. The first-order valence-electron chi connectivity index (χ1n) is 4.70. The number of hydrogen-bond donors (Lipinski definition) is 0. The van der Waals surface area contributed by atoms with Gasteiger partial charge in [0.2, 0.25) is 0 Å². The SMILES string of the molecule is CCOC(=O)C(C)(C)CC=C(C)C. The van der Waals surface area contributed by atoms with Gasteiger partial charge in [0, 0.05) is 0 Å². The Bertz CT molecular complexity index is 198. The van der Waals surface area contributed by atoms with E-state index in [1.807, 2.05) is 34.6 Å². The summed E-state index contributed by atoms with van der Waals surface area (Å²) in [5, 5.41) is 0. The van der Waals surface area contributed by atoms with Crippen LogP contribution in [0.25, 0.3) is 0 Å². The molecule has 2 heteroatoms. The third-order valence-corrected chi connectivity index (χ3v) is 1.85. The average molecular weight is 184 g/mol. The lowest BCUT2D eigenvalue weighted by Gasteiger charge is -2.20. The molecule has 0 aliphatic rings. The fourth-order valence-corrected chi connectivity index (χ4v) is 0.869. The Morgan fingerprint density at radius 3 is 2.31 bits per heavy atom. The van der Waals surface area contributed by atoms with E-state index in [-0.39, 0.29) is 5.97 Å². The van der Waals surface area contributed by atoms with E-state index in [9.17, 15) is 4.79 Å². The topological polar surface area (TPSA) is 26.3 Å². The van der Waals surface area contributed by atoms with Crippen LogP contribution in [0.1, 0.15) is 41.0 Å². The maximum atomic E-state index is 11.4. The fraction of sp³-hybridized carbons (Fsp3) is 0.727. The standard InChI is InChI=1S/C11H20O2/c1-6-13-10(12)11(4,5)8-7-9(2)3/h7H,6,8H2,1-5H3. The highest BCUT2D eigenvalue weighted by Gasteiger charge is 2.27. The molecule has 0 aliphatic carbocycles.